The molecule has 0 N–H and O–H groups in total. The molecule has 0 fully saturated rings. The van der Waals surface area contributed by atoms with Gasteiger partial charge in [0.2, 0.25) is 0 Å². The summed E-state index contributed by atoms with van der Waals surface area (Å²) in [5, 5.41) is 0.905. The Balaban J connectivity index is 1.64. The highest BCUT2D eigenvalue weighted by atomic mass is 32.2. The van der Waals surface area contributed by atoms with E-state index in [1.165, 1.54) is 43.5 Å². The summed E-state index contributed by atoms with van der Waals surface area (Å²) in [6.45, 7) is 10.5. The molecule has 0 atom stereocenters. The molecule has 0 aromatic carbocycles. The van der Waals surface area contributed by atoms with Gasteiger partial charge < -0.3 is 0 Å². The van der Waals surface area contributed by atoms with Crippen LogP contribution in [0.25, 0.3) is 0 Å². The third-order valence-electron chi connectivity index (χ3n) is 5.54. The Labute approximate surface area is 145 Å². The van der Waals surface area contributed by atoms with Gasteiger partial charge in [-0.2, -0.15) is 0 Å². The molecule has 2 heterocycles. The van der Waals surface area contributed by atoms with Crippen LogP contribution < -0.4 is 0 Å². The summed E-state index contributed by atoms with van der Waals surface area (Å²) in [6, 6.07) is 0. The minimum Gasteiger partial charge on any atom is -0.298 e. The van der Waals surface area contributed by atoms with E-state index in [4.69, 9.17) is 0 Å². The highest BCUT2D eigenvalue weighted by Crippen LogP contribution is 2.41. The zero-order valence-corrected chi connectivity index (χ0v) is 15.8. The molecule has 1 aromatic rings. The fraction of sp³-hybridized carbons (Fsp3) is 0.684. The predicted octanol–water partition coefficient (Wildman–Crippen LogP) is 4.47. The molecule has 1 aliphatic carbocycles. The molecule has 0 amide bonds. The summed E-state index contributed by atoms with van der Waals surface area (Å²) in [4.78, 5) is 11.7. The third-order valence-corrected chi connectivity index (χ3v) is 6.10. The normalized spacial score (nSPS) is 21.4. The van der Waals surface area contributed by atoms with Crippen LogP contribution in [0.1, 0.15) is 57.7 Å². The fourth-order valence-electron chi connectivity index (χ4n) is 4.14. The highest BCUT2D eigenvalue weighted by Gasteiger charge is 2.28. The highest BCUT2D eigenvalue weighted by molar-refractivity contribution is 7.98. The van der Waals surface area contributed by atoms with Crippen molar-refractivity contribution in [3.63, 3.8) is 0 Å². The quantitative estimate of drug-likeness (QED) is 0.462. The lowest BCUT2D eigenvalue weighted by molar-refractivity contribution is 0.242. The van der Waals surface area contributed by atoms with Crippen molar-refractivity contribution in [3.05, 3.63) is 28.6 Å². The number of hydrogen-bond donors (Lipinski definition) is 0. The van der Waals surface area contributed by atoms with Crippen molar-refractivity contribution < 1.29 is 0 Å². The van der Waals surface area contributed by atoms with Gasteiger partial charge in [0.25, 0.3) is 0 Å². The van der Waals surface area contributed by atoms with Crippen molar-refractivity contribution in [1.29, 1.82) is 0 Å². The Kier molecular flexibility index (Phi) is 5.12. The van der Waals surface area contributed by atoms with Crippen LogP contribution in [0.15, 0.2) is 22.5 Å². The molecule has 3 nitrogen and oxygen atoms in total. The first kappa shape index (κ1) is 17.0. The molecule has 0 spiro atoms. The number of nitrogens with zero attached hydrogens (tertiary/aromatic N) is 3. The van der Waals surface area contributed by atoms with Gasteiger partial charge in [0, 0.05) is 37.8 Å². The topological polar surface area (TPSA) is 29.0 Å². The first-order valence-corrected chi connectivity index (χ1v) is 10.0. The lowest BCUT2D eigenvalue weighted by Crippen LogP contribution is -2.33. The molecule has 0 saturated heterocycles. The molecule has 0 unspecified atom stereocenters. The average Bonchev–Trinajstić information content (AvgIpc) is 2.53. The maximum absolute atomic E-state index is 4.67. The van der Waals surface area contributed by atoms with Crippen molar-refractivity contribution in [1.82, 2.24) is 14.9 Å². The van der Waals surface area contributed by atoms with E-state index < -0.39 is 0 Å². The summed E-state index contributed by atoms with van der Waals surface area (Å²) in [5.41, 5.74) is 6.33. The molecule has 4 heteroatoms. The molecule has 23 heavy (non-hydrogen) atoms. The number of thioether (sulfide) groups is 1. The third kappa shape index (κ3) is 3.80. The zero-order valence-electron chi connectivity index (χ0n) is 15.0. The van der Waals surface area contributed by atoms with Gasteiger partial charge in [-0.1, -0.05) is 36.8 Å². The van der Waals surface area contributed by atoms with Gasteiger partial charge in [0.05, 0.1) is 5.69 Å². The number of rotatable bonds is 4. The van der Waals surface area contributed by atoms with Crippen LogP contribution in [0.2, 0.25) is 0 Å². The van der Waals surface area contributed by atoms with Crippen LogP contribution in [0.4, 0.5) is 0 Å². The molecule has 126 valence electrons. The zero-order chi connectivity index (χ0) is 16.4. The first-order valence-electron chi connectivity index (χ1n) is 8.80. The van der Waals surface area contributed by atoms with E-state index in [2.05, 4.69) is 35.6 Å². The average molecular weight is 332 g/mol. The van der Waals surface area contributed by atoms with Crippen molar-refractivity contribution in [2.75, 3.05) is 19.3 Å². The largest absolute Gasteiger partial charge is 0.298 e. The monoisotopic (exact) mass is 331 g/mol. The molecule has 2 aliphatic rings. The number of hydrogen-bond acceptors (Lipinski definition) is 4. The van der Waals surface area contributed by atoms with Crippen molar-refractivity contribution in [2.45, 2.75) is 64.6 Å². The Hall–Kier alpha value is -0.870. The maximum Gasteiger partial charge on any atom is 0.187 e. The Morgan fingerprint density at radius 1 is 1.30 bits per heavy atom. The van der Waals surface area contributed by atoms with E-state index in [0.29, 0.717) is 5.41 Å². The van der Waals surface area contributed by atoms with Gasteiger partial charge in [0.1, 0.15) is 0 Å². The van der Waals surface area contributed by atoms with E-state index in [9.17, 15) is 0 Å². The second-order valence-corrected chi connectivity index (χ2v) is 8.37. The molecule has 3 rings (SSSR count). The van der Waals surface area contributed by atoms with Crippen LogP contribution >= 0.6 is 11.8 Å². The molecule has 0 bridgehead atoms. The number of fused-ring (bicyclic) bond motifs is 1. The van der Waals surface area contributed by atoms with Crippen molar-refractivity contribution >= 4 is 11.8 Å². The van der Waals surface area contributed by atoms with Gasteiger partial charge >= 0.3 is 0 Å². The summed E-state index contributed by atoms with van der Waals surface area (Å²) in [5.74, 6) is 0. The van der Waals surface area contributed by atoms with Crippen molar-refractivity contribution in [2.24, 2.45) is 5.41 Å². The minimum atomic E-state index is 0.395. The van der Waals surface area contributed by atoms with Gasteiger partial charge in [-0.3, -0.25) is 4.90 Å². The maximum atomic E-state index is 4.67. The lowest BCUT2D eigenvalue weighted by Gasteiger charge is -2.36. The van der Waals surface area contributed by atoms with Crippen LogP contribution in [0.5, 0.6) is 0 Å². The van der Waals surface area contributed by atoms with E-state index in [0.717, 1.165) is 24.7 Å². The Bertz CT molecular complexity index is 607. The van der Waals surface area contributed by atoms with Crippen LogP contribution in [-0.4, -0.2) is 34.2 Å². The SMILES string of the molecule is CSc1ncc2c(n1)CCN(CCC1=C(C)CCCC1(C)C)C2. The van der Waals surface area contributed by atoms with E-state index in [-0.39, 0.29) is 0 Å². The number of allylic oxidation sites excluding steroid dienone is 1. The Morgan fingerprint density at radius 3 is 2.87 bits per heavy atom. The summed E-state index contributed by atoms with van der Waals surface area (Å²) < 4.78 is 0. The van der Waals surface area contributed by atoms with E-state index in [1.807, 2.05) is 12.5 Å². The van der Waals surface area contributed by atoms with Crippen LogP contribution in [-0.2, 0) is 13.0 Å². The smallest absolute Gasteiger partial charge is 0.187 e. The van der Waals surface area contributed by atoms with Gasteiger partial charge in [-0.15, -0.1) is 0 Å². The van der Waals surface area contributed by atoms with Crippen LogP contribution in [0.3, 0.4) is 0 Å². The van der Waals surface area contributed by atoms with Crippen LogP contribution in [0, 0.1) is 5.41 Å². The lowest BCUT2D eigenvalue weighted by atomic mass is 9.71. The molecular weight excluding hydrogens is 302 g/mol. The predicted molar refractivity (Wildman–Crippen MR) is 97.7 cm³/mol. The van der Waals surface area contributed by atoms with E-state index >= 15 is 0 Å². The molecule has 0 saturated carbocycles. The summed E-state index contributed by atoms with van der Waals surface area (Å²) in [6.07, 6.45) is 10.4. The molecule has 1 aliphatic heterocycles. The standard InChI is InChI=1S/C19H29N3S/c1-14-6-5-9-19(2,3)16(14)7-10-22-11-8-17-15(13-22)12-20-18(21-17)23-4/h12H,5-11,13H2,1-4H3. The summed E-state index contributed by atoms with van der Waals surface area (Å²) in [7, 11) is 0. The van der Waals surface area contributed by atoms with E-state index in [1.54, 1.807) is 22.9 Å². The minimum absolute atomic E-state index is 0.395. The second-order valence-electron chi connectivity index (χ2n) is 7.60. The first-order chi connectivity index (χ1) is 11.0. The second kappa shape index (κ2) is 6.94. The fourth-order valence-corrected chi connectivity index (χ4v) is 4.50. The number of aromatic nitrogens is 2. The Morgan fingerprint density at radius 2 is 2.13 bits per heavy atom. The molecule has 1 aromatic heterocycles. The molecule has 0 radical (unpaired) electrons. The summed E-state index contributed by atoms with van der Waals surface area (Å²) >= 11 is 1.63. The van der Waals surface area contributed by atoms with Crippen molar-refractivity contribution in [3.8, 4) is 0 Å². The molecular formula is C19H29N3S. The van der Waals surface area contributed by atoms with Gasteiger partial charge in [-0.25, -0.2) is 9.97 Å². The van der Waals surface area contributed by atoms with Gasteiger partial charge in [0.15, 0.2) is 5.16 Å². The van der Waals surface area contributed by atoms with Gasteiger partial charge in [-0.05, 0) is 44.3 Å².